The van der Waals surface area contributed by atoms with Gasteiger partial charge in [0.2, 0.25) is 0 Å². The van der Waals surface area contributed by atoms with E-state index in [1.807, 2.05) is 41.0 Å². The lowest BCUT2D eigenvalue weighted by atomic mass is 10.1. The summed E-state index contributed by atoms with van der Waals surface area (Å²) in [4.78, 5) is 25.5. The molecule has 0 aliphatic heterocycles. The number of halogens is 1. The molecule has 0 aliphatic rings. The zero-order chi connectivity index (χ0) is 22.7. The summed E-state index contributed by atoms with van der Waals surface area (Å²) < 4.78 is 13.2. The SMILES string of the molecule is COc1cc(OC)c(/C=N/NC(=O)Cn2c3ccccc3c(=O)c3ccccc32)cc1Br. The van der Waals surface area contributed by atoms with Crippen LogP contribution in [-0.2, 0) is 11.3 Å². The zero-order valence-electron chi connectivity index (χ0n) is 17.5. The van der Waals surface area contributed by atoms with Gasteiger partial charge < -0.3 is 14.0 Å². The molecule has 0 saturated carbocycles. The van der Waals surface area contributed by atoms with E-state index >= 15 is 0 Å². The van der Waals surface area contributed by atoms with Crippen molar-refractivity contribution >= 4 is 49.9 Å². The Morgan fingerprint density at radius 2 is 1.59 bits per heavy atom. The van der Waals surface area contributed by atoms with E-state index in [4.69, 9.17) is 9.47 Å². The number of carbonyl (C=O) groups excluding carboxylic acids is 1. The molecule has 162 valence electrons. The van der Waals surface area contributed by atoms with Gasteiger partial charge in [-0.1, -0.05) is 24.3 Å². The van der Waals surface area contributed by atoms with Gasteiger partial charge in [0.25, 0.3) is 5.91 Å². The van der Waals surface area contributed by atoms with Gasteiger partial charge in [-0.15, -0.1) is 0 Å². The highest BCUT2D eigenvalue weighted by Gasteiger charge is 2.13. The third-order valence-electron chi connectivity index (χ3n) is 5.08. The van der Waals surface area contributed by atoms with E-state index in [-0.39, 0.29) is 17.9 Å². The molecule has 4 aromatic rings. The van der Waals surface area contributed by atoms with E-state index in [2.05, 4.69) is 26.5 Å². The number of pyridine rings is 1. The number of para-hydroxylation sites is 2. The van der Waals surface area contributed by atoms with Gasteiger partial charge in [0.1, 0.15) is 18.0 Å². The molecule has 1 aromatic heterocycles. The van der Waals surface area contributed by atoms with Crippen molar-refractivity contribution in [2.75, 3.05) is 14.2 Å². The Kier molecular flexibility index (Phi) is 6.23. The number of amides is 1. The molecule has 1 N–H and O–H groups in total. The number of nitrogens with zero attached hydrogens (tertiary/aromatic N) is 2. The molecule has 3 aromatic carbocycles. The van der Waals surface area contributed by atoms with Crippen molar-refractivity contribution in [3.8, 4) is 11.5 Å². The zero-order valence-corrected chi connectivity index (χ0v) is 19.0. The molecule has 8 heteroatoms. The van der Waals surface area contributed by atoms with Crippen LogP contribution in [0.15, 0.2) is 75.0 Å². The first-order chi connectivity index (χ1) is 15.5. The topological polar surface area (TPSA) is 81.9 Å². The number of fused-ring (bicyclic) bond motifs is 2. The fourth-order valence-electron chi connectivity index (χ4n) is 3.58. The predicted octanol–water partition coefficient (Wildman–Crippen LogP) is 4.08. The van der Waals surface area contributed by atoms with Crippen LogP contribution in [0.1, 0.15) is 5.56 Å². The lowest BCUT2D eigenvalue weighted by Crippen LogP contribution is -2.25. The molecule has 1 amide bonds. The second-order valence-corrected chi connectivity index (χ2v) is 7.83. The summed E-state index contributed by atoms with van der Waals surface area (Å²) in [5.74, 6) is 0.854. The van der Waals surface area contributed by atoms with Crippen molar-refractivity contribution in [3.63, 3.8) is 0 Å². The van der Waals surface area contributed by atoms with Crippen LogP contribution >= 0.6 is 15.9 Å². The molecule has 4 rings (SSSR count). The second-order valence-electron chi connectivity index (χ2n) is 6.97. The fourth-order valence-corrected chi connectivity index (χ4v) is 4.11. The lowest BCUT2D eigenvalue weighted by molar-refractivity contribution is -0.121. The number of aromatic nitrogens is 1. The van der Waals surface area contributed by atoms with E-state index in [9.17, 15) is 9.59 Å². The van der Waals surface area contributed by atoms with E-state index in [1.54, 1.807) is 38.5 Å². The Bertz CT molecular complexity index is 1350. The van der Waals surface area contributed by atoms with Gasteiger partial charge in [0.15, 0.2) is 5.43 Å². The van der Waals surface area contributed by atoms with Gasteiger partial charge in [-0.25, -0.2) is 5.43 Å². The molecule has 0 aliphatic carbocycles. The lowest BCUT2D eigenvalue weighted by Gasteiger charge is -2.14. The molecule has 0 atom stereocenters. The number of benzene rings is 3. The van der Waals surface area contributed by atoms with Crippen molar-refractivity contribution in [2.45, 2.75) is 6.54 Å². The highest BCUT2D eigenvalue weighted by molar-refractivity contribution is 9.10. The van der Waals surface area contributed by atoms with Gasteiger partial charge in [0, 0.05) is 22.4 Å². The summed E-state index contributed by atoms with van der Waals surface area (Å²) >= 11 is 3.43. The molecule has 1 heterocycles. The van der Waals surface area contributed by atoms with Crippen LogP contribution in [-0.4, -0.2) is 30.9 Å². The molecular weight excluding hydrogens is 474 g/mol. The molecule has 0 spiro atoms. The molecule has 0 radical (unpaired) electrons. The number of hydrogen-bond acceptors (Lipinski definition) is 5. The van der Waals surface area contributed by atoms with E-state index in [1.165, 1.54) is 6.21 Å². The van der Waals surface area contributed by atoms with Gasteiger partial charge >= 0.3 is 0 Å². The number of methoxy groups -OCH3 is 2. The first-order valence-electron chi connectivity index (χ1n) is 9.77. The van der Waals surface area contributed by atoms with Crippen molar-refractivity contribution < 1.29 is 14.3 Å². The molecule has 0 saturated heterocycles. The Balaban J connectivity index is 1.62. The van der Waals surface area contributed by atoms with Crippen molar-refractivity contribution in [1.29, 1.82) is 0 Å². The highest BCUT2D eigenvalue weighted by Crippen LogP contribution is 2.31. The fraction of sp³-hybridized carbons (Fsp3) is 0.125. The van der Waals surface area contributed by atoms with Crippen molar-refractivity contribution in [1.82, 2.24) is 9.99 Å². The van der Waals surface area contributed by atoms with Gasteiger partial charge in [-0.05, 0) is 46.3 Å². The Morgan fingerprint density at radius 1 is 1.00 bits per heavy atom. The number of carbonyl (C=O) groups is 1. The van der Waals surface area contributed by atoms with Crippen LogP contribution in [0.25, 0.3) is 21.8 Å². The average Bonchev–Trinajstić information content (AvgIpc) is 2.82. The molecule has 32 heavy (non-hydrogen) atoms. The second kappa shape index (κ2) is 9.23. The number of ether oxygens (including phenoxy) is 2. The molecule has 0 unspecified atom stereocenters. The van der Waals surface area contributed by atoms with Crippen molar-refractivity contribution in [2.24, 2.45) is 5.10 Å². The third-order valence-corrected chi connectivity index (χ3v) is 5.70. The number of nitrogens with one attached hydrogen (secondary N) is 1. The van der Waals surface area contributed by atoms with Crippen LogP contribution in [0.2, 0.25) is 0 Å². The normalized spacial score (nSPS) is 11.2. The van der Waals surface area contributed by atoms with Crippen molar-refractivity contribution in [3.05, 3.63) is 80.9 Å². The maximum Gasteiger partial charge on any atom is 0.260 e. The number of rotatable bonds is 6. The quantitative estimate of drug-likeness (QED) is 0.249. The molecule has 7 nitrogen and oxygen atoms in total. The summed E-state index contributed by atoms with van der Waals surface area (Å²) in [6, 6.07) is 18.0. The van der Waals surface area contributed by atoms with Gasteiger partial charge in [-0.3, -0.25) is 9.59 Å². The Labute approximate surface area is 192 Å². The maximum absolute atomic E-state index is 12.8. The van der Waals surface area contributed by atoms with Crippen LogP contribution in [0, 0.1) is 0 Å². The number of hydrazone groups is 1. The third kappa shape index (κ3) is 4.09. The smallest absolute Gasteiger partial charge is 0.260 e. The maximum atomic E-state index is 12.8. The van der Waals surface area contributed by atoms with Crippen LogP contribution in [0.3, 0.4) is 0 Å². The molecule has 0 fully saturated rings. The largest absolute Gasteiger partial charge is 0.496 e. The summed E-state index contributed by atoms with van der Waals surface area (Å²) in [5, 5.41) is 5.21. The predicted molar refractivity (Wildman–Crippen MR) is 129 cm³/mol. The molecule has 0 bridgehead atoms. The van der Waals surface area contributed by atoms with E-state index < -0.39 is 0 Å². The Hall–Kier alpha value is -3.65. The van der Waals surface area contributed by atoms with Crippen LogP contribution in [0.5, 0.6) is 11.5 Å². The number of hydrogen-bond donors (Lipinski definition) is 1. The summed E-state index contributed by atoms with van der Waals surface area (Å²) in [6.07, 6.45) is 1.50. The minimum atomic E-state index is -0.327. The van der Waals surface area contributed by atoms with Crippen LogP contribution < -0.4 is 20.3 Å². The minimum Gasteiger partial charge on any atom is -0.496 e. The summed E-state index contributed by atoms with van der Waals surface area (Å²) in [6.45, 7) is 0.00207. The monoisotopic (exact) mass is 493 g/mol. The van der Waals surface area contributed by atoms with Gasteiger partial charge in [-0.2, -0.15) is 5.10 Å². The highest BCUT2D eigenvalue weighted by atomic mass is 79.9. The van der Waals surface area contributed by atoms with E-state index in [0.29, 0.717) is 38.9 Å². The first kappa shape index (κ1) is 21.6. The minimum absolute atomic E-state index is 0.00207. The molecular formula is C24H20BrN3O4. The standard InChI is InChI=1S/C24H20BrN3O4/c1-31-21-12-22(32-2)18(25)11-15(21)13-26-27-23(29)14-28-19-9-5-3-7-16(19)24(30)17-8-4-6-10-20(17)28/h3-13H,14H2,1-2H3,(H,27,29)/b26-13+. The van der Waals surface area contributed by atoms with Crippen LogP contribution in [0.4, 0.5) is 0 Å². The van der Waals surface area contributed by atoms with Gasteiger partial charge in [0.05, 0.1) is 35.9 Å². The summed E-state index contributed by atoms with van der Waals surface area (Å²) in [5.41, 5.74) is 4.55. The van der Waals surface area contributed by atoms with E-state index in [0.717, 1.165) is 4.47 Å². The first-order valence-corrected chi connectivity index (χ1v) is 10.6. The average molecular weight is 494 g/mol. The Morgan fingerprint density at radius 3 is 2.19 bits per heavy atom. The summed E-state index contributed by atoms with van der Waals surface area (Å²) in [7, 11) is 3.11.